The fraction of sp³-hybridized carbons (Fsp3) is 0.238. The molecule has 2 aromatic carbocycles. The van der Waals surface area contributed by atoms with E-state index in [0.717, 1.165) is 35.7 Å². The zero-order valence-corrected chi connectivity index (χ0v) is 16.4. The van der Waals surface area contributed by atoms with Crippen molar-refractivity contribution < 1.29 is 4.79 Å². The number of carbonyl (C=O) groups is 1. The third-order valence-corrected chi connectivity index (χ3v) is 5.46. The summed E-state index contributed by atoms with van der Waals surface area (Å²) in [6.07, 6.45) is 2.69. The van der Waals surface area contributed by atoms with E-state index in [0.29, 0.717) is 29.0 Å². The zero-order chi connectivity index (χ0) is 19.8. The number of hydrogen-bond donors (Lipinski definition) is 2. The van der Waals surface area contributed by atoms with Gasteiger partial charge in [0.1, 0.15) is 6.04 Å². The molecule has 0 radical (unpaired) electrons. The molecule has 1 fully saturated rings. The van der Waals surface area contributed by atoms with Gasteiger partial charge in [-0.15, -0.1) is 5.10 Å². The smallest absolute Gasteiger partial charge is 0.242 e. The molecule has 7 nitrogen and oxygen atoms in total. The van der Waals surface area contributed by atoms with Crippen LogP contribution in [0, 0.1) is 0 Å². The van der Waals surface area contributed by atoms with Crippen molar-refractivity contribution in [3.63, 3.8) is 0 Å². The van der Waals surface area contributed by atoms with Crippen molar-refractivity contribution in [2.75, 3.05) is 11.9 Å². The van der Waals surface area contributed by atoms with E-state index in [1.807, 2.05) is 48.5 Å². The number of nitrogens with zero attached hydrogens (tertiary/aromatic N) is 4. The molecular formula is C21H19ClN6O. The standard InChI is InChI=1S/C21H19ClN6O/c22-15-9-3-1-7-13(15)18-26-19-14-8-2-4-10-16(14)24-21(28(19)27-18)25-17-11-5-6-12-23-20(17)29/h1-4,7-10,17H,5-6,11-12H2,(H,23,29)(H,24,25)/t17-/m1/s1. The van der Waals surface area contributed by atoms with Gasteiger partial charge < -0.3 is 10.6 Å². The topological polar surface area (TPSA) is 84.2 Å². The number of benzene rings is 2. The van der Waals surface area contributed by atoms with Crippen molar-refractivity contribution in [1.29, 1.82) is 0 Å². The fourth-order valence-corrected chi connectivity index (χ4v) is 3.86. The van der Waals surface area contributed by atoms with Gasteiger partial charge in [0, 0.05) is 17.5 Å². The summed E-state index contributed by atoms with van der Waals surface area (Å²) < 4.78 is 1.67. The summed E-state index contributed by atoms with van der Waals surface area (Å²) in [6, 6.07) is 14.9. The number of nitrogens with one attached hydrogen (secondary N) is 2. The van der Waals surface area contributed by atoms with Gasteiger partial charge in [0.05, 0.1) is 10.5 Å². The normalized spacial score (nSPS) is 17.3. The maximum Gasteiger partial charge on any atom is 0.242 e. The van der Waals surface area contributed by atoms with Crippen LogP contribution in [0.25, 0.3) is 27.9 Å². The third kappa shape index (κ3) is 3.27. The van der Waals surface area contributed by atoms with Gasteiger partial charge in [0.25, 0.3) is 0 Å². The van der Waals surface area contributed by atoms with Gasteiger partial charge in [-0.2, -0.15) is 4.52 Å². The number of anilines is 1. The minimum absolute atomic E-state index is 0.0166. The van der Waals surface area contributed by atoms with Gasteiger partial charge in [-0.1, -0.05) is 35.9 Å². The zero-order valence-electron chi connectivity index (χ0n) is 15.6. The number of hydrogen-bond acceptors (Lipinski definition) is 5. The summed E-state index contributed by atoms with van der Waals surface area (Å²) in [6.45, 7) is 0.706. The van der Waals surface area contributed by atoms with E-state index >= 15 is 0 Å². The molecule has 5 rings (SSSR count). The number of rotatable bonds is 3. The lowest BCUT2D eigenvalue weighted by Gasteiger charge is -2.16. The molecule has 1 saturated heterocycles. The molecule has 0 aliphatic carbocycles. The van der Waals surface area contributed by atoms with Crippen molar-refractivity contribution in [2.24, 2.45) is 0 Å². The van der Waals surface area contributed by atoms with Crippen molar-refractivity contribution in [1.82, 2.24) is 24.9 Å². The Balaban J connectivity index is 1.68. The second-order valence-electron chi connectivity index (χ2n) is 7.09. The van der Waals surface area contributed by atoms with Gasteiger partial charge >= 0.3 is 0 Å². The second-order valence-corrected chi connectivity index (χ2v) is 7.49. The minimum Gasteiger partial charge on any atom is -0.354 e. The molecule has 2 N–H and O–H groups in total. The van der Waals surface area contributed by atoms with Crippen LogP contribution >= 0.6 is 11.6 Å². The van der Waals surface area contributed by atoms with Crippen LogP contribution in [0.3, 0.4) is 0 Å². The Kier molecular flexibility index (Phi) is 4.52. The molecule has 2 aromatic heterocycles. The Labute approximate surface area is 172 Å². The first-order valence-electron chi connectivity index (χ1n) is 9.65. The molecule has 1 aliphatic heterocycles. The SMILES string of the molecule is O=C1NCCCC[C@H]1Nc1nc2ccccc2c2nc(-c3ccccc3Cl)nn12. The molecule has 0 bridgehead atoms. The van der Waals surface area contributed by atoms with Crippen LogP contribution < -0.4 is 10.6 Å². The van der Waals surface area contributed by atoms with Crippen LogP contribution in [-0.2, 0) is 4.79 Å². The Morgan fingerprint density at radius 2 is 1.90 bits per heavy atom. The lowest BCUT2D eigenvalue weighted by atomic mass is 10.1. The van der Waals surface area contributed by atoms with Gasteiger partial charge in [-0.25, -0.2) is 9.97 Å². The second kappa shape index (κ2) is 7.33. The summed E-state index contributed by atoms with van der Waals surface area (Å²) in [5, 5.41) is 12.4. The molecule has 3 heterocycles. The Morgan fingerprint density at radius 1 is 1.07 bits per heavy atom. The van der Waals surface area contributed by atoms with E-state index in [1.165, 1.54) is 0 Å². The number of amides is 1. The lowest BCUT2D eigenvalue weighted by molar-refractivity contribution is -0.121. The van der Waals surface area contributed by atoms with Gasteiger partial charge in [0.15, 0.2) is 11.5 Å². The predicted octanol–water partition coefficient (Wildman–Crippen LogP) is 3.68. The average molecular weight is 407 g/mol. The summed E-state index contributed by atoms with van der Waals surface area (Å²) in [4.78, 5) is 21.9. The molecule has 4 aromatic rings. The molecule has 1 atom stereocenters. The lowest BCUT2D eigenvalue weighted by Crippen LogP contribution is -2.38. The number of fused-ring (bicyclic) bond motifs is 3. The highest BCUT2D eigenvalue weighted by Gasteiger charge is 2.23. The summed E-state index contributed by atoms with van der Waals surface area (Å²) >= 11 is 6.36. The van der Waals surface area contributed by atoms with Crippen molar-refractivity contribution >= 4 is 40.0 Å². The number of aromatic nitrogens is 4. The predicted molar refractivity (Wildman–Crippen MR) is 113 cm³/mol. The van der Waals surface area contributed by atoms with E-state index in [-0.39, 0.29) is 11.9 Å². The van der Waals surface area contributed by atoms with Crippen molar-refractivity contribution in [3.8, 4) is 11.4 Å². The van der Waals surface area contributed by atoms with E-state index in [1.54, 1.807) is 4.52 Å². The summed E-state index contributed by atoms with van der Waals surface area (Å²) in [7, 11) is 0. The largest absolute Gasteiger partial charge is 0.354 e. The third-order valence-electron chi connectivity index (χ3n) is 5.13. The summed E-state index contributed by atoms with van der Waals surface area (Å²) in [5.74, 6) is 0.991. The number of halogens is 1. The fourth-order valence-electron chi connectivity index (χ4n) is 3.64. The Morgan fingerprint density at radius 3 is 2.79 bits per heavy atom. The van der Waals surface area contributed by atoms with Crippen LogP contribution in [0.2, 0.25) is 5.02 Å². The molecule has 1 amide bonds. The van der Waals surface area contributed by atoms with E-state index in [2.05, 4.69) is 15.7 Å². The first-order valence-corrected chi connectivity index (χ1v) is 10.0. The molecule has 0 spiro atoms. The van der Waals surface area contributed by atoms with E-state index < -0.39 is 0 Å². The van der Waals surface area contributed by atoms with Crippen LogP contribution in [0.5, 0.6) is 0 Å². The highest BCUT2D eigenvalue weighted by atomic mass is 35.5. The number of carbonyl (C=O) groups excluding carboxylic acids is 1. The maximum absolute atomic E-state index is 12.4. The Hall–Kier alpha value is -3.19. The van der Waals surface area contributed by atoms with Crippen LogP contribution in [-0.4, -0.2) is 38.1 Å². The molecular weight excluding hydrogens is 388 g/mol. The molecule has 29 heavy (non-hydrogen) atoms. The van der Waals surface area contributed by atoms with Crippen molar-refractivity contribution in [2.45, 2.75) is 25.3 Å². The highest BCUT2D eigenvalue weighted by molar-refractivity contribution is 6.33. The minimum atomic E-state index is -0.359. The van der Waals surface area contributed by atoms with Crippen LogP contribution in [0.4, 0.5) is 5.95 Å². The Bertz CT molecular complexity index is 1220. The maximum atomic E-state index is 12.4. The van der Waals surface area contributed by atoms with Crippen LogP contribution in [0.1, 0.15) is 19.3 Å². The highest BCUT2D eigenvalue weighted by Crippen LogP contribution is 2.28. The first kappa shape index (κ1) is 17.9. The quantitative estimate of drug-likeness (QED) is 0.542. The first-order chi connectivity index (χ1) is 14.2. The molecule has 1 aliphatic rings. The van der Waals surface area contributed by atoms with Gasteiger partial charge in [0.2, 0.25) is 11.9 Å². The number of para-hydroxylation sites is 1. The van der Waals surface area contributed by atoms with Crippen molar-refractivity contribution in [3.05, 3.63) is 53.6 Å². The van der Waals surface area contributed by atoms with E-state index in [9.17, 15) is 4.79 Å². The molecule has 0 saturated carbocycles. The van der Waals surface area contributed by atoms with Gasteiger partial charge in [-0.05, 0) is 43.5 Å². The van der Waals surface area contributed by atoms with Gasteiger partial charge in [-0.3, -0.25) is 4.79 Å². The molecule has 146 valence electrons. The van der Waals surface area contributed by atoms with E-state index in [4.69, 9.17) is 21.6 Å². The molecule has 8 heteroatoms. The monoisotopic (exact) mass is 406 g/mol. The summed E-state index contributed by atoms with van der Waals surface area (Å²) in [5.41, 5.74) is 2.21. The van der Waals surface area contributed by atoms with Crippen LogP contribution in [0.15, 0.2) is 48.5 Å². The average Bonchev–Trinajstić information content (AvgIpc) is 3.08. The molecule has 0 unspecified atom stereocenters.